The number of urea groups is 1. The highest BCUT2D eigenvalue weighted by atomic mass is 16.4. The Balaban J connectivity index is 4.73. The molecule has 0 aromatic heterocycles. The number of carbonyl (C=O) groups excluding carboxylic acids is 1. The molecule has 94 valence electrons. The number of nitrogens with zero attached hydrogens (tertiary/aromatic N) is 2. The Morgan fingerprint density at radius 2 is 1.35 bits per heavy atom. The van der Waals surface area contributed by atoms with Crippen LogP contribution in [0.15, 0.2) is 38.0 Å². The molecular formula is C12H18N2O3. The van der Waals surface area contributed by atoms with E-state index in [1.165, 1.54) is 15.9 Å². The van der Waals surface area contributed by atoms with Crippen LogP contribution in [0.5, 0.6) is 0 Å². The van der Waals surface area contributed by atoms with Crippen LogP contribution >= 0.6 is 0 Å². The van der Waals surface area contributed by atoms with Crippen molar-refractivity contribution in [2.45, 2.75) is 0 Å². The molecule has 5 nitrogen and oxygen atoms in total. The van der Waals surface area contributed by atoms with Crippen LogP contribution in [-0.4, -0.2) is 53.1 Å². The molecule has 0 fully saturated rings. The number of hydrogen-bond acceptors (Lipinski definition) is 2. The number of carboxylic acids is 1. The molecule has 0 aromatic carbocycles. The maximum Gasteiger partial charge on any atom is 0.323 e. The molecule has 0 heterocycles. The lowest BCUT2D eigenvalue weighted by molar-refractivity contribution is -0.137. The summed E-state index contributed by atoms with van der Waals surface area (Å²) in [6.45, 7) is 11.1. The lowest BCUT2D eigenvalue weighted by Crippen LogP contribution is -2.45. The van der Waals surface area contributed by atoms with Gasteiger partial charge in [0.05, 0.1) is 0 Å². The van der Waals surface area contributed by atoms with Gasteiger partial charge in [0.25, 0.3) is 0 Å². The molecule has 0 radical (unpaired) electrons. The SMILES string of the molecule is C=CCN(CC=C)C(=O)N(CC=C)CC(=O)O. The summed E-state index contributed by atoms with van der Waals surface area (Å²) >= 11 is 0. The number of aliphatic carboxylic acids is 1. The topological polar surface area (TPSA) is 60.9 Å². The van der Waals surface area contributed by atoms with Gasteiger partial charge in [-0.2, -0.15) is 0 Å². The van der Waals surface area contributed by atoms with E-state index in [0.29, 0.717) is 13.1 Å². The van der Waals surface area contributed by atoms with Gasteiger partial charge in [0.1, 0.15) is 6.54 Å². The predicted molar refractivity (Wildman–Crippen MR) is 66.8 cm³/mol. The molecule has 2 amide bonds. The maximum atomic E-state index is 12.0. The zero-order chi connectivity index (χ0) is 13.3. The van der Waals surface area contributed by atoms with Gasteiger partial charge < -0.3 is 14.9 Å². The lowest BCUT2D eigenvalue weighted by atomic mass is 10.4. The molecule has 1 N–H and O–H groups in total. The van der Waals surface area contributed by atoms with Crippen molar-refractivity contribution in [3.05, 3.63) is 38.0 Å². The highest BCUT2D eigenvalue weighted by Crippen LogP contribution is 2.00. The van der Waals surface area contributed by atoms with Crippen molar-refractivity contribution < 1.29 is 14.7 Å². The summed E-state index contributed by atoms with van der Waals surface area (Å²) in [6.07, 6.45) is 4.64. The molecule has 0 aliphatic rings. The normalized spacial score (nSPS) is 9.18. The molecule has 0 rings (SSSR count). The average molecular weight is 238 g/mol. The van der Waals surface area contributed by atoms with E-state index in [9.17, 15) is 9.59 Å². The van der Waals surface area contributed by atoms with Crippen molar-refractivity contribution in [1.82, 2.24) is 9.80 Å². The van der Waals surface area contributed by atoms with Gasteiger partial charge in [0.15, 0.2) is 0 Å². The second kappa shape index (κ2) is 8.15. The third-order valence-electron chi connectivity index (χ3n) is 1.92. The fourth-order valence-electron chi connectivity index (χ4n) is 1.27. The van der Waals surface area contributed by atoms with Crippen LogP contribution in [0.2, 0.25) is 0 Å². The molecule has 0 saturated carbocycles. The van der Waals surface area contributed by atoms with E-state index in [0.717, 1.165) is 0 Å². The molecule has 0 aliphatic carbocycles. The Labute approximate surface area is 101 Å². The van der Waals surface area contributed by atoms with E-state index < -0.39 is 5.97 Å². The van der Waals surface area contributed by atoms with Crippen molar-refractivity contribution in [2.75, 3.05) is 26.2 Å². The van der Waals surface area contributed by atoms with Gasteiger partial charge in [-0.05, 0) is 0 Å². The molecule has 0 saturated heterocycles. The van der Waals surface area contributed by atoms with Crippen LogP contribution in [0.1, 0.15) is 0 Å². The number of carbonyl (C=O) groups is 2. The smallest absolute Gasteiger partial charge is 0.323 e. The van der Waals surface area contributed by atoms with Gasteiger partial charge in [0, 0.05) is 19.6 Å². The van der Waals surface area contributed by atoms with Crippen LogP contribution < -0.4 is 0 Å². The number of hydrogen-bond donors (Lipinski definition) is 1. The largest absolute Gasteiger partial charge is 0.480 e. The first-order chi connectivity index (χ1) is 8.06. The van der Waals surface area contributed by atoms with Gasteiger partial charge in [-0.25, -0.2) is 4.79 Å². The van der Waals surface area contributed by atoms with Crippen LogP contribution in [0, 0.1) is 0 Å². The van der Waals surface area contributed by atoms with E-state index >= 15 is 0 Å². The fourth-order valence-corrected chi connectivity index (χ4v) is 1.27. The van der Waals surface area contributed by atoms with E-state index in [2.05, 4.69) is 19.7 Å². The first-order valence-electron chi connectivity index (χ1n) is 5.15. The maximum absolute atomic E-state index is 12.0. The highest BCUT2D eigenvalue weighted by molar-refractivity contribution is 5.80. The van der Waals surface area contributed by atoms with Gasteiger partial charge in [-0.3, -0.25) is 4.79 Å². The Morgan fingerprint density at radius 1 is 0.941 bits per heavy atom. The summed E-state index contributed by atoms with van der Waals surface area (Å²) < 4.78 is 0. The number of rotatable bonds is 8. The van der Waals surface area contributed by atoms with E-state index in [-0.39, 0.29) is 19.1 Å². The first-order valence-corrected chi connectivity index (χ1v) is 5.15. The fraction of sp³-hybridized carbons (Fsp3) is 0.333. The van der Waals surface area contributed by atoms with Gasteiger partial charge in [-0.15, -0.1) is 19.7 Å². The molecule has 0 aliphatic heterocycles. The minimum absolute atomic E-state index is 0.190. The van der Waals surface area contributed by atoms with Gasteiger partial charge in [0.2, 0.25) is 0 Å². The summed E-state index contributed by atoms with van der Waals surface area (Å²) in [5.41, 5.74) is 0. The lowest BCUT2D eigenvalue weighted by Gasteiger charge is -2.27. The predicted octanol–water partition coefficient (Wildman–Crippen LogP) is 1.35. The van der Waals surface area contributed by atoms with Crippen LogP contribution in [0.3, 0.4) is 0 Å². The third kappa shape index (κ3) is 5.55. The zero-order valence-corrected chi connectivity index (χ0v) is 9.84. The summed E-state index contributed by atoms with van der Waals surface area (Å²) in [5, 5.41) is 8.71. The van der Waals surface area contributed by atoms with Crippen molar-refractivity contribution in [3.8, 4) is 0 Å². The second-order valence-electron chi connectivity index (χ2n) is 3.33. The quantitative estimate of drug-likeness (QED) is 0.649. The van der Waals surface area contributed by atoms with Crippen molar-refractivity contribution in [1.29, 1.82) is 0 Å². The monoisotopic (exact) mass is 238 g/mol. The number of amides is 2. The third-order valence-corrected chi connectivity index (χ3v) is 1.92. The van der Waals surface area contributed by atoms with E-state index in [1.54, 1.807) is 12.2 Å². The van der Waals surface area contributed by atoms with Crippen molar-refractivity contribution in [2.24, 2.45) is 0 Å². The Kier molecular flexibility index (Phi) is 7.17. The molecular weight excluding hydrogens is 220 g/mol. The first kappa shape index (κ1) is 15.0. The minimum atomic E-state index is -1.06. The Hall–Kier alpha value is -2.04. The molecule has 17 heavy (non-hydrogen) atoms. The summed E-state index contributed by atoms with van der Waals surface area (Å²) in [6, 6.07) is -0.368. The van der Waals surface area contributed by atoms with E-state index in [1.807, 2.05) is 0 Å². The Morgan fingerprint density at radius 3 is 1.71 bits per heavy atom. The summed E-state index contributed by atoms with van der Waals surface area (Å²) in [5.74, 6) is -1.06. The van der Waals surface area contributed by atoms with Crippen LogP contribution in [0.25, 0.3) is 0 Å². The zero-order valence-electron chi connectivity index (χ0n) is 9.84. The van der Waals surface area contributed by atoms with Crippen molar-refractivity contribution >= 4 is 12.0 Å². The number of carboxylic acid groups (broad SMARTS) is 1. The second-order valence-corrected chi connectivity index (χ2v) is 3.33. The minimum Gasteiger partial charge on any atom is -0.480 e. The van der Waals surface area contributed by atoms with Crippen molar-refractivity contribution in [3.63, 3.8) is 0 Å². The molecule has 0 bridgehead atoms. The van der Waals surface area contributed by atoms with Crippen LogP contribution in [-0.2, 0) is 4.79 Å². The molecule has 5 heteroatoms. The van der Waals surface area contributed by atoms with E-state index in [4.69, 9.17) is 5.11 Å². The van der Waals surface area contributed by atoms with Gasteiger partial charge in [-0.1, -0.05) is 18.2 Å². The van der Waals surface area contributed by atoms with Crippen LogP contribution in [0.4, 0.5) is 4.79 Å². The molecule has 0 unspecified atom stereocenters. The molecule has 0 spiro atoms. The molecule has 0 aromatic rings. The average Bonchev–Trinajstić information content (AvgIpc) is 2.27. The Bertz CT molecular complexity index is 303. The molecule has 0 atom stereocenters. The summed E-state index contributed by atoms with van der Waals surface area (Å²) in [7, 11) is 0. The standard InChI is InChI=1S/C12H18N2O3/c1-4-7-13(8-5-2)12(17)14(9-6-3)10-11(15)16/h4-6H,1-3,7-10H2,(H,15,16). The highest BCUT2D eigenvalue weighted by Gasteiger charge is 2.20. The summed E-state index contributed by atoms with van der Waals surface area (Å²) in [4.78, 5) is 25.3. The van der Waals surface area contributed by atoms with Gasteiger partial charge >= 0.3 is 12.0 Å².